The number of nitrogens with two attached hydrogens (primary N) is 1. The van der Waals surface area contributed by atoms with Crippen LogP contribution in [0.4, 0.5) is 4.79 Å². The number of aromatic nitrogens is 1. The summed E-state index contributed by atoms with van der Waals surface area (Å²) >= 11 is 0. The minimum absolute atomic E-state index is 0.314. The van der Waals surface area contributed by atoms with E-state index in [0.29, 0.717) is 24.1 Å². The van der Waals surface area contributed by atoms with Gasteiger partial charge in [-0.3, -0.25) is 9.78 Å². The number of primary amides is 1. The summed E-state index contributed by atoms with van der Waals surface area (Å²) in [6.07, 6.45) is 2.92. The first-order valence-electron chi connectivity index (χ1n) is 6.48. The Morgan fingerprint density at radius 2 is 2.10 bits per heavy atom. The second-order valence-corrected chi connectivity index (χ2v) is 5.31. The molecule has 1 heterocycles. The lowest BCUT2D eigenvalue weighted by Gasteiger charge is -2.19. The molecule has 3 N–H and O–H groups in total. The standard InChI is InChI=1S/C15H19N3O3/c1-15(2,3)21-14(20)18-7-5-4-6-11-8-12(13(16)19)10-17-9-11/h8-10H,5,7H2,1-3H3,(H2,16,19)(H,18,20). The van der Waals surface area contributed by atoms with Crippen LogP contribution in [-0.4, -0.2) is 29.1 Å². The number of nitrogens with one attached hydrogen (secondary N) is 1. The van der Waals surface area contributed by atoms with Crippen LogP contribution in [0.1, 0.15) is 43.1 Å². The number of hydrogen-bond acceptors (Lipinski definition) is 4. The summed E-state index contributed by atoms with van der Waals surface area (Å²) in [6.45, 7) is 5.77. The van der Waals surface area contributed by atoms with E-state index in [1.165, 1.54) is 6.20 Å². The van der Waals surface area contributed by atoms with Crippen molar-refractivity contribution in [1.29, 1.82) is 0 Å². The summed E-state index contributed by atoms with van der Waals surface area (Å²) in [5.41, 5.74) is 5.55. The second-order valence-electron chi connectivity index (χ2n) is 5.31. The zero-order valence-electron chi connectivity index (χ0n) is 12.4. The predicted molar refractivity (Wildman–Crippen MR) is 78.5 cm³/mol. The molecule has 0 aliphatic carbocycles. The van der Waals surface area contributed by atoms with Crippen molar-refractivity contribution in [2.45, 2.75) is 32.8 Å². The van der Waals surface area contributed by atoms with Crippen molar-refractivity contribution in [2.24, 2.45) is 5.73 Å². The molecule has 1 rings (SSSR count). The molecule has 6 heteroatoms. The molecule has 0 atom stereocenters. The predicted octanol–water partition coefficient (Wildman–Crippen LogP) is 1.45. The summed E-state index contributed by atoms with van der Waals surface area (Å²) < 4.78 is 5.09. The highest BCUT2D eigenvalue weighted by Crippen LogP contribution is 2.06. The summed E-state index contributed by atoms with van der Waals surface area (Å²) in [5, 5.41) is 2.60. The Morgan fingerprint density at radius 3 is 2.71 bits per heavy atom. The maximum Gasteiger partial charge on any atom is 0.407 e. The van der Waals surface area contributed by atoms with Crippen molar-refractivity contribution in [1.82, 2.24) is 10.3 Å². The van der Waals surface area contributed by atoms with Gasteiger partial charge in [-0.25, -0.2) is 4.79 Å². The fraction of sp³-hybridized carbons (Fsp3) is 0.400. The van der Waals surface area contributed by atoms with Gasteiger partial charge in [0.1, 0.15) is 5.60 Å². The van der Waals surface area contributed by atoms with Gasteiger partial charge >= 0.3 is 6.09 Å². The summed E-state index contributed by atoms with van der Waals surface area (Å²) in [5.74, 6) is 5.18. The lowest BCUT2D eigenvalue weighted by Crippen LogP contribution is -2.32. The van der Waals surface area contributed by atoms with Gasteiger partial charge in [-0.05, 0) is 26.8 Å². The van der Waals surface area contributed by atoms with Crippen molar-refractivity contribution < 1.29 is 14.3 Å². The topological polar surface area (TPSA) is 94.3 Å². The van der Waals surface area contributed by atoms with Crippen molar-refractivity contribution >= 4 is 12.0 Å². The van der Waals surface area contributed by atoms with E-state index in [9.17, 15) is 9.59 Å². The van der Waals surface area contributed by atoms with Crippen LogP contribution in [0.15, 0.2) is 18.5 Å². The van der Waals surface area contributed by atoms with Crippen molar-refractivity contribution in [3.05, 3.63) is 29.6 Å². The quantitative estimate of drug-likeness (QED) is 0.650. The zero-order valence-corrected chi connectivity index (χ0v) is 12.4. The fourth-order valence-electron chi connectivity index (χ4n) is 1.35. The van der Waals surface area contributed by atoms with E-state index in [0.717, 1.165) is 0 Å². The highest BCUT2D eigenvalue weighted by Gasteiger charge is 2.15. The molecule has 1 aromatic rings. The minimum Gasteiger partial charge on any atom is -0.444 e. The normalized spacial score (nSPS) is 10.2. The molecular weight excluding hydrogens is 270 g/mol. The average Bonchev–Trinajstić information content (AvgIpc) is 2.36. The Morgan fingerprint density at radius 1 is 1.38 bits per heavy atom. The van der Waals surface area contributed by atoms with Crippen LogP contribution < -0.4 is 11.1 Å². The van der Waals surface area contributed by atoms with Crippen molar-refractivity contribution in [3.63, 3.8) is 0 Å². The van der Waals surface area contributed by atoms with E-state index in [4.69, 9.17) is 10.5 Å². The molecule has 0 saturated heterocycles. The van der Waals surface area contributed by atoms with E-state index < -0.39 is 17.6 Å². The lowest BCUT2D eigenvalue weighted by molar-refractivity contribution is 0.0529. The first kappa shape index (κ1) is 16.5. The van der Waals surface area contributed by atoms with E-state index in [1.807, 2.05) is 0 Å². The fourth-order valence-corrected chi connectivity index (χ4v) is 1.35. The Hall–Kier alpha value is -2.55. The molecule has 21 heavy (non-hydrogen) atoms. The molecule has 6 nitrogen and oxygen atoms in total. The van der Waals surface area contributed by atoms with Gasteiger partial charge in [-0.1, -0.05) is 11.8 Å². The third kappa shape index (κ3) is 6.97. The van der Waals surface area contributed by atoms with Crippen LogP contribution in [0.2, 0.25) is 0 Å². The van der Waals surface area contributed by atoms with Gasteiger partial charge in [-0.15, -0.1) is 0 Å². The van der Waals surface area contributed by atoms with Gasteiger partial charge in [0, 0.05) is 30.9 Å². The molecule has 0 fully saturated rings. The van der Waals surface area contributed by atoms with Crippen LogP contribution in [0.25, 0.3) is 0 Å². The first-order valence-corrected chi connectivity index (χ1v) is 6.48. The Balaban J connectivity index is 2.42. The Kier molecular flexibility index (Phi) is 5.73. The highest BCUT2D eigenvalue weighted by atomic mass is 16.6. The van der Waals surface area contributed by atoms with Crippen LogP contribution in [0.3, 0.4) is 0 Å². The van der Waals surface area contributed by atoms with Crippen molar-refractivity contribution in [2.75, 3.05) is 6.54 Å². The van der Waals surface area contributed by atoms with Crippen LogP contribution in [0.5, 0.6) is 0 Å². The number of pyridine rings is 1. The van der Waals surface area contributed by atoms with E-state index >= 15 is 0 Å². The number of amides is 2. The minimum atomic E-state index is -0.544. The number of carbonyl (C=O) groups is 2. The average molecular weight is 289 g/mol. The number of alkyl carbamates (subject to hydrolysis) is 1. The Labute approximate surface area is 124 Å². The monoisotopic (exact) mass is 289 g/mol. The molecule has 0 radical (unpaired) electrons. The summed E-state index contributed by atoms with van der Waals surface area (Å²) in [7, 11) is 0. The third-order valence-electron chi connectivity index (χ3n) is 2.17. The van der Waals surface area contributed by atoms with Crippen molar-refractivity contribution in [3.8, 4) is 11.8 Å². The van der Waals surface area contributed by atoms with Crippen LogP contribution in [0, 0.1) is 11.8 Å². The van der Waals surface area contributed by atoms with Crippen LogP contribution in [-0.2, 0) is 4.74 Å². The molecule has 0 unspecified atom stereocenters. The third-order valence-corrected chi connectivity index (χ3v) is 2.17. The van der Waals surface area contributed by atoms with Gasteiger partial charge in [-0.2, -0.15) is 0 Å². The van der Waals surface area contributed by atoms with Gasteiger partial charge < -0.3 is 15.8 Å². The largest absolute Gasteiger partial charge is 0.444 e. The number of hydrogen-bond donors (Lipinski definition) is 2. The van der Waals surface area contributed by atoms with Crippen LogP contribution >= 0.6 is 0 Å². The molecule has 0 aliphatic heterocycles. The van der Waals surface area contributed by atoms with Gasteiger partial charge in [0.25, 0.3) is 0 Å². The van der Waals surface area contributed by atoms with E-state index in [-0.39, 0.29) is 0 Å². The maximum atomic E-state index is 11.4. The molecular formula is C15H19N3O3. The molecule has 0 aromatic carbocycles. The number of carbonyl (C=O) groups excluding carboxylic acids is 2. The molecule has 0 aliphatic rings. The highest BCUT2D eigenvalue weighted by molar-refractivity contribution is 5.92. The van der Waals surface area contributed by atoms with E-state index in [2.05, 4.69) is 22.1 Å². The number of nitrogens with zero attached hydrogens (tertiary/aromatic N) is 1. The number of ether oxygens (including phenoxy) is 1. The Bertz CT molecular complexity index is 580. The number of rotatable bonds is 3. The molecule has 2 amide bonds. The molecule has 1 aromatic heterocycles. The molecule has 112 valence electrons. The van der Waals surface area contributed by atoms with Gasteiger partial charge in [0.15, 0.2) is 0 Å². The SMILES string of the molecule is CC(C)(C)OC(=O)NCCC#Cc1cncc(C(N)=O)c1. The lowest BCUT2D eigenvalue weighted by atomic mass is 10.2. The smallest absolute Gasteiger partial charge is 0.407 e. The maximum absolute atomic E-state index is 11.4. The van der Waals surface area contributed by atoms with Gasteiger partial charge in [0.2, 0.25) is 5.91 Å². The van der Waals surface area contributed by atoms with Gasteiger partial charge in [0.05, 0.1) is 5.56 Å². The first-order chi connectivity index (χ1) is 9.78. The second kappa shape index (κ2) is 7.29. The van der Waals surface area contributed by atoms with E-state index in [1.54, 1.807) is 33.0 Å². The summed E-state index contributed by atoms with van der Waals surface area (Å²) in [6, 6.07) is 1.57. The molecule has 0 spiro atoms. The molecule has 0 bridgehead atoms. The summed E-state index contributed by atoms with van der Waals surface area (Å²) in [4.78, 5) is 26.2. The molecule has 0 saturated carbocycles. The zero-order chi connectivity index (χ0) is 15.9.